The molecule has 0 radical (unpaired) electrons. The monoisotopic (exact) mass is 181 g/mol. The van der Waals surface area contributed by atoms with Gasteiger partial charge in [0, 0.05) is 6.54 Å². The number of hydrogen-bond donors (Lipinski definition) is 0. The average molecular weight is 181 g/mol. The lowest BCUT2D eigenvalue weighted by Gasteiger charge is -2.14. The molecule has 0 saturated heterocycles. The summed E-state index contributed by atoms with van der Waals surface area (Å²) in [5.41, 5.74) is 1.40. The summed E-state index contributed by atoms with van der Waals surface area (Å²) < 4.78 is 0. The highest BCUT2D eigenvalue weighted by atomic mass is 15.0. The van der Waals surface area contributed by atoms with Crippen LogP contribution in [0.5, 0.6) is 0 Å². The van der Waals surface area contributed by atoms with Crippen molar-refractivity contribution in [1.29, 1.82) is 0 Å². The lowest BCUT2D eigenvalue weighted by atomic mass is 9.99. The zero-order valence-electron chi connectivity index (χ0n) is 9.18. The highest BCUT2D eigenvalue weighted by Gasteiger charge is 2.14. The van der Waals surface area contributed by atoms with Crippen LogP contribution in [0.2, 0.25) is 0 Å². The second-order valence-electron chi connectivity index (χ2n) is 4.68. The van der Waals surface area contributed by atoms with Gasteiger partial charge in [0.25, 0.3) is 0 Å². The summed E-state index contributed by atoms with van der Waals surface area (Å²) in [6.45, 7) is 5.18. The van der Waals surface area contributed by atoms with Gasteiger partial charge >= 0.3 is 0 Å². The molecule has 0 aromatic carbocycles. The molecule has 1 nitrogen and oxygen atoms in total. The smallest absolute Gasteiger partial charge is 0.0184 e. The van der Waals surface area contributed by atoms with Crippen molar-refractivity contribution in [2.45, 2.75) is 38.5 Å². The molecule has 1 fully saturated rings. The van der Waals surface area contributed by atoms with Gasteiger partial charge in [0.1, 0.15) is 0 Å². The Balaban J connectivity index is 2.07. The van der Waals surface area contributed by atoms with E-state index < -0.39 is 0 Å². The average Bonchev–Trinajstić information content (AvgIpc) is 2.51. The van der Waals surface area contributed by atoms with Gasteiger partial charge in [-0.15, -0.1) is 0 Å². The van der Waals surface area contributed by atoms with E-state index in [-0.39, 0.29) is 0 Å². The van der Waals surface area contributed by atoms with Gasteiger partial charge in [-0.3, -0.25) is 0 Å². The maximum atomic E-state index is 4.11. The Hall–Kier alpha value is -0.300. The second kappa shape index (κ2) is 5.43. The molecule has 0 aliphatic heterocycles. The number of hydrogen-bond acceptors (Lipinski definition) is 1. The van der Waals surface area contributed by atoms with E-state index in [1.54, 1.807) is 0 Å². The first-order chi connectivity index (χ1) is 6.18. The minimum Gasteiger partial charge on any atom is -0.305 e. The molecule has 0 heterocycles. The van der Waals surface area contributed by atoms with Crippen LogP contribution >= 0.6 is 0 Å². The zero-order chi connectivity index (χ0) is 9.68. The molecule has 1 aliphatic rings. The molecule has 1 heteroatoms. The summed E-state index contributed by atoms with van der Waals surface area (Å²) in [5, 5.41) is 0. The number of likely N-dealkylation sites (N-methyl/N-ethyl adjacent to an activating group) is 1. The normalized spacial score (nSPS) is 18.4. The summed E-state index contributed by atoms with van der Waals surface area (Å²) >= 11 is 0. The topological polar surface area (TPSA) is 3.24 Å². The molecule has 13 heavy (non-hydrogen) atoms. The van der Waals surface area contributed by atoms with Crippen molar-refractivity contribution in [2.24, 2.45) is 5.92 Å². The predicted molar refractivity (Wildman–Crippen MR) is 58.9 cm³/mol. The molecule has 0 unspecified atom stereocenters. The fourth-order valence-corrected chi connectivity index (χ4v) is 2.23. The van der Waals surface area contributed by atoms with Crippen LogP contribution in [-0.2, 0) is 0 Å². The Morgan fingerprint density at radius 3 is 2.46 bits per heavy atom. The Kier molecular flexibility index (Phi) is 4.51. The Morgan fingerprint density at radius 2 is 1.92 bits per heavy atom. The summed E-state index contributed by atoms with van der Waals surface area (Å²) in [4.78, 5) is 2.21. The molecule has 0 atom stereocenters. The Morgan fingerprint density at radius 1 is 1.31 bits per heavy atom. The SMILES string of the molecule is C=C(CCC1CCCC1)CN(C)C. The summed E-state index contributed by atoms with van der Waals surface area (Å²) in [7, 11) is 4.22. The summed E-state index contributed by atoms with van der Waals surface area (Å²) in [5.74, 6) is 1.01. The van der Waals surface area contributed by atoms with Crippen molar-refractivity contribution >= 4 is 0 Å². The molecule has 0 N–H and O–H groups in total. The highest BCUT2D eigenvalue weighted by Crippen LogP contribution is 2.29. The van der Waals surface area contributed by atoms with E-state index >= 15 is 0 Å². The van der Waals surface area contributed by atoms with Gasteiger partial charge in [-0.25, -0.2) is 0 Å². The molecule has 1 saturated carbocycles. The van der Waals surface area contributed by atoms with E-state index in [1.165, 1.54) is 44.1 Å². The van der Waals surface area contributed by atoms with Crippen molar-refractivity contribution < 1.29 is 0 Å². The van der Waals surface area contributed by atoms with Crippen molar-refractivity contribution in [1.82, 2.24) is 4.90 Å². The third kappa shape index (κ3) is 4.47. The fourth-order valence-electron chi connectivity index (χ4n) is 2.23. The number of nitrogens with zero attached hydrogens (tertiary/aromatic N) is 1. The third-order valence-corrected chi connectivity index (χ3v) is 2.92. The van der Waals surface area contributed by atoms with Crippen LogP contribution in [0.15, 0.2) is 12.2 Å². The summed E-state index contributed by atoms with van der Waals surface area (Å²) in [6.07, 6.45) is 8.48. The molecule has 1 rings (SSSR count). The fraction of sp³-hybridized carbons (Fsp3) is 0.833. The van der Waals surface area contributed by atoms with E-state index in [2.05, 4.69) is 25.6 Å². The van der Waals surface area contributed by atoms with Crippen molar-refractivity contribution in [3.05, 3.63) is 12.2 Å². The Bertz CT molecular complexity index is 155. The van der Waals surface area contributed by atoms with Gasteiger partial charge < -0.3 is 4.90 Å². The quantitative estimate of drug-likeness (QED) is 0.589. The minimum absolute atomic E-state index is 1.01. The largest absolute Gasteiger partial charge is 0.305 e. The van der Waals surface area contributed by atoms with Gasteiger partial charge in [-0.1, -0.05) is 37.8 Å². The highest BCUT2D eigenvalue weighted by molar-refractivity contribution is 4.96. The van der Waals surface area contributed by atoms with E-state index in [9.17, 15) is 0 Å². The van der Waals surface area contributed by atoms with Crippen LogP contribution in [0.4, 0.5) is 0 Å². The third-order valence-electron chi connectivity index (χ3n) is 2.92. The van der Waals surface area contributed by atoms with E-state index in [0.29, 0.717) is 0 Å². The van der Waals surface area contributed by atoms with Crippen LogP contribution < -0.4 is 0 Å². The van der Waals surface area contributed by atoms with Gasteiger partial charge in [0.15, 0.2) is 0 Å². The standard InChI is InChI=1S/C12H23N/c1-11(10-13(2)3)8-9-12-6-4-5-7-12/h12H,1,4-10H2,2-3H3. The first-order valence-electron chi connectivity index (χ1n) is 5.50. The molecule has 0 aromatic heterocycles. The molecule has 1 aliphatic carbocycles. The van der Waals surface area contributed by atoms with E-state index in [4.69, 9.17) is 0 Å². The maximum Gasteiger partial charge on any atom is 0.0184 e. The summed E-state index contributed by atoms with van der Waals surface area (Å²) in [6, 6.07) is 0. The molecular formula is C12H23N. The maximum absolute atomic E-state index is 4.11. The van der Waals surface area contributed by atoms with Crippen molar-refractivity contribution in [3.63, 3.8) is 0 Å². The molecule has 0 spiro atoms. The van der Waals surface area contributed by atoms with Crippen LogP contribution in [0.3, 0.4) is 0 Å². The van der Waals surface area contributed by atoms with E-state index in [1.807, 2.05) is 0 Å². The van der Waals surface area contributed by atoms with E-state index in [0.717, 1.165) is 12.5 Å². The van der Waals surface area contributed by atoms with Crippen molar-refractivity contribution in [3.8, 4) is 0 Å². The lowest BCUT2D eigenvalue weighted by molar-refractivity contribution is 0.427. The van der Waals surface area contributed by atoms with Crippen molar-refractivity contribution in [2.75, 3.05) is 20.6 Å². The van der Waals surface area contributed by atoms with Gasteiger partial charge in [0.05, 0.1) is 0 Å². The lowest BCUT2D eigenvalue weighted by Crippen LogP contribution is -2.14. The minimum atomic E-state index is 1.01. The van der Waals surface area contributed by atoms with Gasteiger partial charge in [-0.2, -0.15) is 0 Å². The van der Waals surface area contributed by atoms with Gasteiger partial charge in [-0.05, 0) is 32.9 Å². The number of rotatable bonds is 5. The second-order valence-corrected chi connectivity index (χ2v) is 4.68. The Labute approximate surface area is 82.8 Å². The predicted octanol–water partition coefficient (Wildman–Crippen LogP) is 3.07. The molecule has 76 valence electrons. The van der Waals surface area contributed by atoms with Crippen LogP contribution in [0, 0.1) is 5.92 Å². The molecule has 0 bridgehead atoms. The van der Waals surface area contributed by atoms with Crippen LogP contribution in [0.25, 0.3) is 0 Å². The zero-order valence-corrected chi connectivity index (χ0v) is 9.18. The first-order valence-corrected chi connectivity index (χ1v) is 5.50. The molecule has 0 aromatic rings. The first kappa shape index (κ1) is 10.8. The van der Waals surface area contributed by atoms with Crippen LogP contribution in [-0.4, -0.2) is 25.5 Å². The van der Waals surface area contributed by atoms with Gasteiger partial charge in [0.2, 0.25) is 0 Å². The van der Waals surface area contributed by atoms with Crippen LogP contribution in [0.1, 0.15) is 38.5 Å². The molecule has 0 amide bonds. The molecular weight excluding hydrogens is 158 g/mol.